The van der Waals surface area contributed by atoms with Crippen LogP contribution in [0, 0.1) is 6.92 Å². The van der Waals surface area contributed by atoms with Crippen LogP contribution in [0.1, 0.15) is 24.0 Å². The summed E-state index contributed by atoms with van der Waals surface area (Å²) in [7, 11) is 1.71. The number of aryl methyl sites for hydroxylation is 1. The van der Waals surface area contributed by atoms with Gasteiger partial charge in [0.1, 0.15) is 5.75 Å². The smallest absolute Gasteiger partial charge is 0.136 e. The van der Waals surface area contributed by atoms with Crippen LogP contribution < -0.4 is 10.5 Å². The summed E-state index contributed by atoms with van der Waals surface area (Å²) in [4.78, 5) is 0. The maximum absolute atomic E-state index is 5.85. The Labute approximate surface area is 98.9 Å². The number of rotatable bonds is 3. The summed E-state index contributed by atoms with van der Waals surface area (Å²) in [5.74, 6) is 0.948. The normalized spacial score (nSPS) is 17.6. The Balaban J connectivity index is 2.54. The number of benzene rings is 1. The van der Waals surface area contributed by atoms with Gasteiger partial charge in [0.25, 0.3) is 0 Å². The quantitative estimate of drug-likeness (QED) is 0.916. The highest BCUT2D eigenvalue weighted by atomic mass is 79.9. The fraction of sp³-hybridized carbons (Fsp3) is 0.500. The van der Waals surface area contributed by atoms with Crippen LogP contribution in [-0.4, -0.2) is 13.7 Å². The molecule has 0 amide bonds. The fourth-order valence-electron chi connectivity index (χ4n) is 2.06. The molecule has 82 valence electrons. The number of halogens is 1. The first-order valence-electron chi connectivity index (χ1n) is 5.17. The Kier molecular flexibility index (Phi) is 2.77. The second-order valence-electron chi connectivity index (χ2n) is 4.31. The monoisotopic (exact) mass is 269 g/mol. The molecule has 1 saturated carbocycles. The predicted molar refractivity (Wildman–Crippen MR) is 65.4 cm³/mol. The van der Waals surface area contributed by atoms with Gasteiger partial charge in [0.2, 0.25) is 0 Å². The highest BCUT2D eigenvalue weighted by Crippen LogP contribution is 2.52. The lowest BCUT2D eigenvalue weighted by Gasteiger charge is -2.19. The third-order valence-corrected chi connectivity index (χ3v) is 3.80. The molecular weight excluding hydrogens is 254 g/mol. The highest BCUT2D eigenvalue weighted by molar-refractivity contribution is 9.10. The van der Waals surface area contributed by atoms with Crippen molar-refractivity contribution in [2.75, 3.05) is 13.7 Å². The molecule has 0 bridgehead atoms. The van der Waals surface area contributed by atoms with Gasteiger partial charge in [0, 0.05) is 17.5 Å². The van der Waals surface area contributed by atoms with Gasteiger partial charge in [-0.25, -0.2) is 0 Å². The zero-order chi connectivity index (χ0) is 11.1. The molecule has 2 rings (SSSR count). The maximum atomic E-state index is 5.85. The molecule has 0 aliphatic heterocycles. The summed E-state index contributed by atoms with van der Waals surface area (Å²) >= 11 is 3.54. The van der Waals surface area contributed by atoms with E-state index in [1.807, 2.05) is 0 Å². The lowest BCUT2D eigenvalue weighted by molar-refractivity contribution is 0.401. The van der Waals surface area contributed by atoms with Gasteiger partial charge in [0.15, 0.2) is 0 Å². The molecule has 0 spiro atoms. The van der Waals surface area contributed by atoms with Gasteiger partial charge < -0.3 is 10.5 Å². The Morgan fingerprint density at radius 3 is 2.60 bits per heavy atom. The van der Waals surface area contributed by atoms with E-state index in [0.29, 0.717) is 6.54 Å². The second-order valence-corrected chi connectivity index (χ2v) is 5.17. The number of nitrogens with two attached hydrogens (primary N) is 1. The second kappa shape index (κ2) is 3.80. The van der Waals surface area contributed by atoms with E-state index >= 15 is 0 Å². The SMILES string of the molecule is COc1c(Br)cc(C)cc1C1(CN)CC1. The number of hydrogen-bond acceptors (Lipinski definition) is 2. The molecular formula is C12H16BrNO. The molecule has 15 heavy (non-hydrogen) atoms. The minimum absolute atomic E-state index is 0.180. The van der Waals surface area contributed by atoms with Crippen molar-refractivity contribution >= 4 is 15.9 Å². The molecule has 0 saturated heterocycles. The minimum atomic E-state index is 0.180. The average molecular weight is 270 g/mol. The van der Waals surface area contributed by atoms with Crippen LogP contribution in [0.2, 0.25) is 0 Å². The summed E-state index contributed by atoms with van der Waals surface area (Å²) < 4.78 is 6.48. The molecule has 0 unspecified atom stereocenters. The Bertz CT molecular complexity index is 385. The van der Waals surface area contributed by atoms with Gasteiger partial charge in [0.05, 0.1) is 11.6 Å². The largest absolute Gasteiger partial charge is 0.495 e. The molecule has 1 aromatic carbocycles. The van der Waals surface area contributed by atoms with Crippen molar-refractivity contribution in [1.29, 1.82) is 0 Å². The molecule has 1 fully saturated rings. The van der Waals surface area contributed by atoms with Crippen molar-refractivity contribution in [1.82, 2.24) is 0 Å². The van der Waals surface area contributed by atoms with Crippen LogP contribution in [-0.2, 0) is 5.41 Å². The van der Waals surface area contributed by atoms with Crippen LogP contribution in [0.5, 0.6) is 5.75 Å². The molecule has 3 heteroatoms. The van der Waals surface area contributed by atoms with Crippen LogP contribution in [0.4, 0.5) is 0 Å². The van der Waals surface area contributed by atoms with Gasteiger partial charge in [-0.05, 0) is 47.3 Å². The molecule has 0 atom stereocenters. The zero-order valence-corrected chi connectivity index (χ0v) is 10.7. The zero-order valence-electron chi connectivity index (χ0n) is 9.14. The highest BCUT2D eigenvalue weighted by Gasteiger charge is 2.45. The van der Waals surface area contributed by atoms with Gasteiger partial charge in [-0.1, -0.05) is 6.07 Å². The van der Waals surface area contributed by atoms with Gasteiger partial charge >= 0.3 is 0 Å². The van der Waals surface area contributed by atoms with E-state index in [1.54, 1.807) is 7.11 Å². The van der Waals surface area contributed by atoms with Crippen molar-refractivity contribution in [2.24, 2.45) is 5.73 Å². The lowest BCUT2D eigenvalue weighted by Crippen LogP contribution is -2.20. The first kappa shape index (κ1) is 11.0. The van der Waals surface area contributed by atoms with E-state index in [0.717, 1.165) is 10.2 Å². The van der Waals surface area contributed by atoms with Crippen molar-refractivity contribution < 1.29 is 4.74 Å². The summed E-state index contributed by atoms with van der Waals surface area (Å²) in [6.07, 6.45) is 2.35. The third kappa shape index (κ3) is 1.79. The molecule has 1 aliphatic carbocycles. The Morgan fingerprint density at radius 2 is 2.13 bits per heavy atom. The van der Waals surface area contributed by atoms with Gasteiger partial charge in [-0.3, -0.25) is 0 Å². The number of methoxy groups -OCH3 is 1. The number of hydrogen-bond donors (Lipinski definition) is 1. The van der Waals surface area contributed by atoms with E-state index in [2.05, 4.69) is 35.0 Å². The van der Waals surface area contributed by atoms with E-state index in [1.165, 1.54) is 24.0 Å². The summed E-state index contributed by atoms with van der Waals surface area (Å²) in [5.41, 5.74) is 8.55. The third-order valence-electron chi connectivity index (χ3n) is 3.21. The van der Waals surface area contributed by atoms with E-state index < -0.39 is 0 Å². The molecule has 0 heterocycles. The molecule has 1 aromatic rings. The summed E-state index contributed by atoms with van der Waals surface area (Å²) in [5, 5.41) is 0. The molecule has 0 radical (unpaired) electrons. The molecule has 1 aliphatic rings. The van der Waals surface area contributed by atoms with Crippen molar-refractivity contribution in [3.63, 3.8) is 0 Å². The molecule has 2 N–H and O–H groups in total. The van der Waals surface area contributed by atoms with Crippen LogP contribution in [0.25, 0.3) is 0 Å². The maximum Gasteiger partial charge on any atom is 0.136 e. The topological polar surface area (TPSA) is 35.2 Å². The van der Waals surface area contributed by atoms with E-state index in [-0.39, 0.29) is 5.41 Å². The standard InChI is InChI=1S/C12H16BrNO/c1-8-5-9(12(7-14)3-4-12)11(15-2)10(13)6-8/h5-6H,3-4,7,14H2,1-2H3. The lowest BCUT2D eigenvalue weighted by atomic mass is 9.93. The Morgan fingerprint density at radius 1 is 1.47 bits per heavy atom. The van der Waals surface area contributed by atoms with E-state index in [9.17, 15) is 0 Å². The van der Waals surface area contributed by atoms with Crippen molar-refractivity contribution in [3.8, 4) is 5.75 Å². The van der Waals surface area contributed by atoms with E-state index in [4.69, 9.17) is 10.5 Å². The van der Waals surface area contributed by atoms with Crippen molar-refractivity contribution in [3.05, 3.63) is 27.7 Å². The molecule has 2 nitrogen and oxygen atoms in total. The van der Waals surface area contributed by atoms with Crippen molar-refractivity contribution in [2.45, 2.75) is 25.2 Å². The fourth-order valence-corrected chi connectivity index (χ4v) is 2.80. The predicted octanol–water partition coefficient (Wildman–Crippen LogP) is 2.76. The minimum Gasteiger partial charge on any atom is -0.495 e. The van der Waals surface area contributed by atoms with Gasteiger partial charge in [-0.15, -0.1) is 0 Å². The van der Waals surface area contributed by atoms with Crippen LogP contribution in [0.3, 0.4) is 0 Å². The summed E-state index contributed by atoms with van der Waals surface area (Å²) in [6, 6.07) is 4.28. The van der Waals surface area contributed by atoms with Gasteiger partial charge in [-0.2, -0.15) is 0 Å². The number of ether oxygens (including phenoxy) is 1. The average Bonchev–Trinajstić information content (AvgIpc) is 2.97. The first-order chi connectivity index (χ1) is 7.13. The molecule has 0 aromatic heterocycles. The first-order valence-corrected chi connectivity index (χ1v) is 5.97. The van der Waals surface area contributed by atoms with Crippen LogP contribution in [0.15, 0.2) is 16.6 Å². The van der Waals surface area contributed by atoms with Crippen LogP contribution >= 0.6 is 15.9 Å². The Hall–Kier alpha value is -0.540. The summed E-state index contributed by atoms with van der Waals surface area (Å²) in [6.45, 7) is 2.81.